The highest BCUT2D eigenvalue weighted by atomic mass is 19.1. The SMILES string of the molecule is COc1cccc([C@@H](CNC(=O)c2cccc(F)c2)OC)c1. The fraction of sp³-hybridized carbons (Fsp3) is 0.235. The molecule has 1 N–H and O–H groups in total. The van der Waals surface area contributed by atoms with Gasteiger partial charge < -0.3 is 14.8 Å². The predicted molar refractivity (Wildman–Crippen MR) is 81.5 cm³/mol. The zero-order valence-electron chi connectivity index (χ0n) is 12.5. The Bertz CT molecular complexity index is 645. The fourth-order valence-electron chi connectivity index (χ4n) is 2.10. The van der Waals surface area contributed by atoms with Crippen LogP contribution in [0, 0.1) is 5.82 Å². The van der Waals surface area contributed by atoms with Crippen molar-refractivity contribution in [1.29, 1.82) is 0 Å². The summed E-state index contributed by atoms with van der Waals surface area (Å²) in [7, 11) is 3.16. The molecule has 0 aliphatic heterocycles. The Hall–Kier alpha value is -2.40. The van der Waals surface area contributed by atoms with Gasteiger partial charge in [0.2, 0.25) is 0 Å². The molecule has 0 radical (unpaired) electrons. The average molecular weight is 303 g/mol. The summed E-state index contributed by atoms with van der Waals surface area (Å²) in [5.74, 6) is -0.0656. The molecule has 22 heavy (non-hydrogen) atoms. The molecule has 116 valence electrons. The van der Waals surface area contributed by atoms with Crippen molar-refractivity contribution >= 4 is 5.91 Å². The smallest absolute Gasteiger partial charge is 0.251 e. The summed E-state index contributed by atoms with van der Waals surface area (Å²) in [4.78, 5) is 12.0. The topological polar surface area (TPSA) is 47.6 Å². The first kappa shape index (κ1) is 16.0. The van der Waals surface area contributed by atoms with Crippen molar-refractivity contribution < 1.29 is 18.7 Å². The van der Waals surface area contributed by atoms with Crippen LogP contribution in [0.25, 0.3) is 0 Å². The molecule has 2 aromatic rings. The standard InChI is InChI=1S/C17H18FNO3/c1-21-15-8-4-5-12(10-15)16(22-2)11-19-17(20)13-6-3-7-14(18)9-13/h3-10,16H,11H2,1-2H3,(H,19,20)/t16-/m1/s1. The van der Waals surface area contributed by atoms with Gasteiger partial charge in [-0.2, -0.15) is 0 Å². The van der Waals surface area contributed by atoms with Gasteiger partial charge in [-0.1, -0.05) is 18.2 Å². The van der Waals surface area contributed by atoms with Crippen LogP contribution in [0.4, 0.5) is 4.39 Å². The Morgan fingerprint density at radius 1 is 1.18 bits per heavy atom. The Labute approximate surface area is 128 Å². The quantitative estimate of drug-likeness (QED) is 0.892. The first-order valence-corrected chi connectivity index (χ1v) is 6.84. The van der Waals surface area contributed by atoms with Gasteiger partial charge in [0.25, 0.3) is 5.91 Å². The van der Waals surface area contributed by atoms with Crippen LogP contribution in [0.5, 0.6) is 5.75 Å². The third-order valence-corrected chi connectivity index (χ3v) is 3.28. The Morgan fingerprint density at radius 2 is 1.95 bits per heavy atom. The molecule has 1 atom stereocenters. The molecule has 2 aromatic carbocycles. The minimum absolute atomic E-state index is 0.277. The molecule has 0 heterocycles. The summed E-state index contributed by atoms with van der Waals surface area (Å²) < 4.78 is 23.7. The van der Waals surface area contributed by atoms with Crippen LogP contribution in [0.2, 0.25) is 0 Å². The van der Waals surface area contributed by atoms with E-state index in [0.29, 0.717) is 0 Å². The molecule has 0 aromatic heterocycles. The van der Waals surface area contributed by atoms with Crippen LogP contribution >= 0.6 is 0 Å². The third kappa shape index (κ3) is 4.05. The molecular formula is C17H18FNO3. The predicted octanol–water partition coefficient (Wildman–Crippen LogP) is 2.95. The minimum atomic E-state index is -0.441. The first-order chi connectivity index (χ1) is 10.6. The largest absolute Gasteiger partial charge is 0.497 e. The lowest BCUT2D eigenvalue weighted by Crippen LogP contribution is -2.29. The van der Waals surface area contributed by atoms with Gasteiger partial charge in [0.15, 0.2) is 0 Å². The second-order valence-electron chi connectivity index (χ2n) is 4.72. The molecule has 0 aliphatic rings. The fourth-order valence-corrected chi connectivity index (χ4v) is 2.10. The molecule has 4 nitrogen and oxygen atoms in total. The maximum Gasteiger partial charge on any atom is 0.251 e. The van der Waals surface area contributed by atoms with Crippen molar-refractivity contribution in [3.8, 4) is 5.75 Å². The maximum absolute atomic E-state index is 13.1. The van der Waals surface area contributed by atoms with Gasteiger partial charge in [0, 0.05) is 19.2 Å². The van der Waals surface area contributed by atoms with Crippen molar-refractivity contribution in [3.05, 3.63) is 65.5 Å². The van der Waals surface area contributed by atoms with E-state index in [-0.39, 0.29) is 24.1 Å². The molecule has 0 fully saturated rings. The van der Waals surface area contributed by atoms with Crippen LogP contribution in [0.1, 0.15) is 22.0 Å². The van der Waals surface area contributed by atoms with Crippen LogP contribution in [-0.2, 0) is 4.74 Å². The Kier molecular flexibility index (Phi) is 5.49. The van der Waals surface area contributed by atoms with Gasteiger partial charge >= 0.3 is 0 Å². The van der Waals surface area contributed by atoms with Gasteiger partial charge in [-0.05, 0) is 35.9 Å². The van der Waals surface area contributed by atoms with Crippen molar-refractivity contribution in [2.45, 2.75) is 6.10 Å². The molecular weight excluding hydrogens is 285 g/mol. The van der Waals surface area contributed by atoms with Gasteiger partial charge in [0.05, 0.1) is 13.2 Å². The number of carbonyl (C=O) groups excluding carboxylic acids is 1. The van der Waals surface area contributed by atoms with E-state index >= 15 is 0 Å². The first-order valence-electron chi connectivity index (χ1n) is 6.84. The number of hydrogen-bond acceptors (Lipinski definition) is 3. The van der Waals surface area contributed by atoms with Gasteiger partial charge in [-0.3, -0.25) is 4.79 Å². The number of nitrogens with one attached hydrogen (secondary N) is 1. The number of ether oxygens (including phenoxy) is 2. The molecule has 0 unspecified atom stereocenters. The highest BCUT2D eigenvalue weighted by Gasteiger charge is 2.14. The number of benzene rings is 2. The van der Waals surface area contributed by atoms with Crippen LogP contribution in [0.15, 0.2) is 48.5 Å². The number of carbonyl (C=O) groups is 1. The lowest BCUT2D eigenvalue weighted by molar-refractivity contribution is 0.0827. The molecule has 1 amide bonds. The Morgan fingerprint density at radius 3 is 2.64 bits per heavy atom. The molecule has 0 bridgehead atoms. The number of amides is 1. The Balaban J connectivity index is 2.03. The molecule has 0 aliphatic carbocycles. The summed E-state index contributed by atoms with van der Waals surface area (Å²) in [5.41, 5.74) is 1.17. The highest BCUT2D eigenvalue weighted by Crippen LogP contribution is 2.21. The van der Waals surface area contributed by atoms with Gasteiger partial charge in [0.1, 0.15) is 11.6 Å². The second kappa shape index (κ2) is 7.56. The zero-order valence-corrected chi connectivity index (χ0v) is 12.5. The molecule has 0 saturated heterocycles. The molecule has 2 rings (SSSR count). The second-order valence-corrected chi connectivity index (χ2v) is 4.72. The van der Waals surface area contributed by atoms with E-state index in [4.69, 9.17) is 9.47 Å². The number of hydrogen-bond donors (Lipinski definition) is 1. The lowest BCUT2D eigenvalue weighted by Gasteiger charge is -2.17. The molecule has 0 spiro atoms. The molecule has 5 heteroatoms. The number of methoxy groups -OCH3 is 2. The zero-order chi connectivity index (χ0) is 15.9. The molecule has 0 saturated carbocycles. The van der Waals surface area contributed by atoms with Gasteiger partial charge in [-0.15, -0.1) is 0 Å². The number of rotatable bonds is 6. The summed E-state index contributed by atoms with van der Waals surface area (Å²) in [6.45, 7) is 0.277. The average Bonchev–Trinajstić information content (AvgIpc) is 2.55. The third-order valence-electron chi connectivity index (χ3n) is 3.28. The lowest BCUT2D eigenvalue weighted by atomic mass is 10.1. The van der Waals surface area contributed by atoms with Crippen molar-refractivity contribution in [3.63, 3.8) is 0 Å². The summed E-state index contributed by atoms with van der Waals surface area (Å²) >= 11 is 0. The van der Waals surface area contributed by atoms with E-state index in [1.165, 1.54) is 18.2 Å². The number of halogens is 1. The van der Waals surface area contributed by atoms with Crippen molar-refractivity contribution in [1.82, 2.24) is 5.32 Å². The van der Waals surface area contributed by atoms with E-state index in [9.17, 15) is 9.18 Å². The van der Waals surface area contributed by atoms with E-state index < -0.39 is 5.82 Å². The summed E-state index contributed by atoms with van der Waals surface area (Å²) in [6.07, 6.45) is -0.312. The minimum Gasteiger partial charge on any atom is -0.497 e. The van der Waals surface area contributed by atoms with Crippen molar-refractivity contribution in [2.24, 2.45) is 0 Å². The van der Waals surface area contributed by atoms with E-state index in [1.54, 1.807) is 20.3 Å². The van der Waals surface area contributed by atoms with E-state index in [1.807, 2.05) is 24.3 Å². The van der Waals surface area contributed by atoms with Crippen LogP contribution < -0.4 is 10.1 Å². The van der Waals surface area contributed by atoms with E-state index in [2.05, 4.69) is 5.32 Å². The summed E-state index contributed by atoms with van der Waals surface area (Å²) in [6, 6.07) is 13.0. The summed E-state index contributed by atoms with van der Waals surface area (Å²) in [5, 5.41) is 2.74. The van der Waals surface area contributed by atoms with Crippen molar-refractivity contribution in [2.75, 3.05) is 20.8 Å². The van der Waals surface area contributed by atoms with Gasteiger partial charge in [-0.25, -0.2) is 4.39 Å². The normalized spacial score (nSPS) is 11.8. The van der Waals surface area contributed by atoms with Crippen LogP contribution in [0.3, 0.4) is 0 Å². The van der Waals surface area contributed by atoms with E-state index in [0.717, 1.165) is 11.3 Å². The highest BCUT2D eigenvalue weighted by molar-refractivity contribution is 5.94. The maximum atomic E-state index is 13.1. The van der Waals surface area contributed by atoms with Crippen LogP contribution in [-0.4, -0.2) is 26.7 Å². The monoisotopic (exact) mass is 303 g/mol.